The normalized spacial score (nSPS) is 16.8. The fraction of sp³-hybridized carbons (Fsp3) is 0.286. The summed E-state index contributed by atoms with van der Waals surface area (Å²) in [5.41, 5.74) is 0.516. The number of para-hydroxylation sites is 2. The first kappa shape index (κ1) is 12.5. The molecule has 20 heavy (non-hydrogen) atoms. The maximum Gasteiger partial charge on any atom is 0.269 e. The van der Waals surface area contributed by atoms with Crippen LogP contribution in [0.4, 0.5) is 0 Å². The van der Waals surface area contributed by atoms with Gasteiger partial charge in [0.1, 0.15) is 18.4 Å². The van der Waals surface area contributed by atoms with Crippen molar-refractivity contribution in [3.63, 3.8) is 0 Å². The molecular formula is C14H15N3O3. The van der Waals surface area contributed by atoms with Crippen LogP contribution >= 0.6 is 0 Å². The van der Waals surface area contributed by atoms with Crippen molar-refractivity contribution in [1.29, 1.82) is 0 Å². The number of imidazole rings is 1. The Hall–Kier alpha value is -2.50. The summed E-state index contributed by atoms with van der Waals surface area (Å²) in [5, 5.41) is 2.82. The highest BCUT2D eigenvalue weighted by Gasteiger charge is 2.21. The van der Waals surface area contributed by atoms with Crippen molar-refractivity contribution < 1.29 is 14.3 Å². The number of ether oxygens (including phenoxy) is 2. The van der Waals surface area contributed by atoms with Crippen LogP contribution in [0.2, 0.25) is 0 Å². The maximum absolute atomic E-state index is 11.9. The maximum atomic E-state index is 11.9. The van der Waals surface area contributed by atoms with Gasteiger partial charge in [-0.2, -0.15) is 0 Å². The number of benzene rings is 1. The number of nitrogens with one attached hydrogen (secondary N) is 1. The van der Waals surface area contributed by atoms with Gasteiger partial charge in [0.2, 0.25) is 0 Å². The third-order valence-electron chi connectivity index (χ3n) is 3.11. The van der Waals surface area contributed by atoms with Crippen LogP contribution in [-0.4, -0.2) is 34.7 Å². The molecule has 1 aliphatic heterocycles. The Morgan fingerprint density at radius 1 is 1.45 bits per heavy atom. The number of carbonyl (C=O) groups excluding carboxylic acids is 1. The van der Waals surface area contributed by atoms with Crippen molar-refractivity contribution in [3.05, 3.63) is 42.5 Å². The molecule has 1 N–H and O–H groups in total. The van der Waals surface area contributed by atoms with Gasteiger partial charge in [-0.15, -0.1) is 0 Å². The van der Waals surface area contributed by atoms with E-state index in [-0.39, 0.29) is 12.0 Å². The van der Waals surface area contributed by atoms with Gasteiger partial charge in [0.25, 0.3) is 5.91 Å². The third-order valence-corrected chi connectivity index (χ3v) is 3.11. The second-order valence-electron chi connectivity index (χ2n) is 4.60. The first-order chi connectivity index (χ1) is 9.74. The highest BCUT2D eigenvalue weighted by Crippen LogP contribution is 2.30. The summed E-state index contributed by atoms with van der Waals surface area (Å²) in [6, 6.07) is 7.50. The molecule has 0 saturated heterocycles. The van der Waals surface area contributed by atoms with Gasteiger partial charge in [0.15, 0.2) is 11.5 Å². The molecule has 104 valence electrons. The van der Waals surface area contributed by atoms with Gasteiger partial charge in [0, 0.05) is 7.05 Å². The lowest BCUT2D eigenvalue weighted by Crippen LogP contribution is -2.41. The van der Waals surface area contributed by atoms with Crippen molar-refractivity contribution in [3.8, 4) is 11.5 Å². The second-order valence-corrected chi connectivity index (χ2v) is 4.60. The van der Waals surface area contributed by atoms with E-state index in [0.29, 0.717) is 24.6 Å². The van der Waals surface area contributed by atoms with Crippen LogP contribution in [-0.2, 0) is 7.05 Å². The molecule has 1 aliphatic rings. The van der Waals surface area contributed by atoms with Crippen molar-refractivity contribution in [2.75, 3.05) is 13.2 Å². The lowest BCUT2D eigenvalue weighted by molar-refractivity contribution is 0.0784. The van der Waals surface area contributed by atoms with Crippen LogP contribution in [0.25, 0.3) is 0 Å². The fourth-order valence-corrected chi connectivity index (χ4v) is 2.04. The highest BCUT2D eigenvalue weighted by atomic mass is 16.6. The zero-order valence-corrected chi connectivity index (χ0v) is 11.1. The Morgan fingerprint density at radius 2 is 2.25 bits per heavy atom. The molecule has 3 rings (SSSR count). The van der Waals surface area contributed by atoms with Gasteiger partial charge < -0.3 is 19.4 Å². The fourth-order valence-electron chi connectivity index (χ4n) is 2.04. The summed E-state index contributed by atoms with van der Waals surface area (Å²) in [5.74, 6) is 1.27. The number of carbonyl (C=O) groups is 1. The first-order valence-electron chi connectivity index (χ1n) is 6.37. The van der Waals surface area contributed by atoms with Gasteiger partial charge in [-0.3, -0.25) is 4.79 Å². The van der Waals surface area contributed by atoms with E-state index in [0.717, 1.165) is 5.75 Å². The van der Waals surface area contributed by atoms with Gasteiger partial charge in [0.05, 0.1) is 19.1 Å². The Bertz CT molecular complexity index is 624. The van der Waals surface area contributed by atoms with Gasteiger partial charge in [-0.05, 0) is 12.1 Å². The molecule has 0 bridgehead atoms. The number of hydrogen-bond acceptors (Lipinski definition) is 4. The predicted molar refractivity (Wildman–Crippen MR) is 71.9 cm³/mol. The van der Waals surface area contributed by atoms with Crippen LogP contribution in [0.3, 0.4) is 0 Å². The van der Waals surface area contributed by atoms with Crippen molar-refractivity contribution in [1.82, 2.24) is 14.9 Å². The molecule has 6 nitrogen and oxygen atoms in total. The molecule has 0 radical (unpaired) electrons. The molecule has 1 amide bonds. The Kier molecular flexibility index (Phi) is 3.28. The minimum Gasteiger partial charge on any atom is -0.486 e. The topological polar surface area (TPSA) is 65.4 Å². The summed E-state index contributed by atoms with van der Waals surface area (Å²) in [6.45, 7) is 0.807. The molecule has 6 heteroatoms. The summed E-state index contributed by atoms with van der Waals surface area (Å²) >= 11 is 0. The van der Waals surface area contributed by atoms with Crippen LogP contribution in [0.15, 0.2) is 36.8 Å². The molecule has 1 unspecified atom stereocenters. The number of nitrogens with zero attached hydrogens (tertiary/aromatic N) is 2. The molecule has 1 aromatic carbocycles. The largest absolute Gasteiger partial charge is 0.486 e. The predicted octanol–water partition coefficient (Wildman–Crippen LogP) is 0.990. The van der Waals surface area contributed by atoms with E-state index in [4.69, 9.17) is 9.47 Å². The minimum atomic E-state index is -0.193. The number of fused-ring (bicyclic) bond motifs is 1. The Morgan fingerprint density at radius 3 is 3.00 bits per heavy atom. The zero-order valence-electron chi connectivity index (χ0n) is 11.1. The van der Waals surface area contributed by atoms with E-state index < -0.39 is 0 Å². The van der Waals surface area contributed by atoms with Gasteiger partial charge >= 0.3 is 0 Å². The summed E-state index contributed by atoms with van der Waals surface area (Å²) in [7, 11) is 1.78. The molecular weight excluding hydrogens is 258 g/mol. The summed E-state index contributed by atoms with van der Waals surface area (Å²) < 4.78 is 13.0. The number of rotatable bonds is 3. The number of amides is 1. The number of hydrogen-bond donors (Lipinski definition) is 1. The minimum absolute atomic E-state index is 0.174. The highest BCUT2D eigenvalue weighted by molar-refractivity contribution is 5.92. The molecule has 0 fully saturated rings. The Labute approximate surface area is 116 Å². The van der Waals surface area contributed by atoms with E-state index >= 15 is 0 Å². The molecule has 0 saturated carbocycles. The van der Waals surface area contributed by atoms with Crippen LogP contribution < -0.4 is 14.8 Å². The van der Waals surface area contributed by atoms with E-state index in [1.165, 1.54) is 6.20 Å². The molecule has 2 heterocycles. The number of aromatic nitrogens is 2. The SMILES string of the molecule is Cn1cncc1C(=O)NCC1COc2ccccc2O1. The van der Waals surface area contributed by atoms with Crippen LogP contribution in [0.5, 0.6) is 11.5 Å². The molecule has 2 aromatic rings. The quantitative estimate of drug-likeness (QED) is 0.905. The Balaban J connectivity index is 1.58. The van der Waals surface area contributed by atoms with E-state index in [9.17, 15) is 4.79 Å². The lowest BCUT2D eigenvalue weighted by Gasteiger charge is -2.26. The standard InChI is InChI=1S/C14H15N3O3/c1-17-9-15-7-11(17)14(18)16-6-10-8-19-12-4-2-3-5-13(12)20-10/h2-5,7,9-10H,6,8H2,1H3,(H,16,18). The number of aryl methyl sites for hydroxylation is 1. The lowest BCUT2D eigenvalue weighted by atomic mass is 10.2. The average Bonchev–Trinajstić information content (AvgIpc) is 2.91. The van der Waals surface area contributed by atoms with Crippen molar-refractivity contribution >= 4 is 5.91 Å². The van der Waals surface area contributed by atoms with Crippen LogP contribution in [0.1, 0.15) is 10.5 Å². The zero-order chi connectivity index (χ0) is 13.9. The van der Waals surface area contributed by atoms with E-state index in [1.54, 1.807) is 17.9 Å². The van der Waals surface area contributed by atoms with Crippen LogP contribution in [0, 0.1) is 0 Å². The molecule has 0 aliphatic carbocycles. The monoisotopic (exact) mass is 273 g/mol. The van der Waals surface area contributed by atoms with Crippen molar-refractivity contribution in [2.24, 2.45) is 7.05 Å². The molecule has 1 aromatic heterocycles. The average molecular weight is 273 g/mol. The van der Waals surface area contributed by atoms with Gasteiger partial charge in [-0.25, -0.2) is 4.98 Å². The van der Waals surface area contributed by atoms with Gasteiger partial charge in [-0.1, -0.05) is 12.1 Å². The first-order valence-corrected chi connectivity index (χ1v) is 6.37. The molecule has 0 spiro atoms. The summed E-state index contributed by atoms with van der Waals surface area (Å²) in [4.78, 5) is 15.9. The van der Waals surface area contributed by atoms with Crippen molar-refractivity contribution in [2.45, 2.75) is 6.10 Å². The smallest absolute Gasteiger partial charge is 0.269 e. The van der Waals surface area contributed by atoms with E-state index in [2.05, 4.69) is 10.3 Å². The second kappa shape index (κ2) is 5.24. The summed E-state index contributed by atoms with van der Waals surface area (Å²) in [6.07, 6.45) is 2.93. The van der Waals surface area contributed by atoms with E-state index in [1.807, 2.05) is 24.3 Å². The molecule has 1 atom stereocenters. The third kappa shape index (κ3) is 2.45.